The smallest absolute Gasteiger partial charge is 0.338 e. The van der Waals surface area contributed by atoms with Crippen molar-refractivity contribution in [3.8, 4) is 22.3 Å². The summed E-state index contributed by atoms with van der Waals surface area (Å²) in [6.07, 6.45) is 0. The Labute approximate surface area is 191 Å². The molecule has 0 aliphatic carbocycles. The second kappa shape index (κ2) is 12.9. The lowest BCUT2D eigenvalue weighted by molar-refractivity contribution is 0.0601. The molecule has 5 nitrogen and oxygen atoms in total. The number of nitrogen functional groups attached to an aromatic ring is 1. The van der Waals surface area contributed by atoms with Gasteiger partial charge in [0.25, 0.3) is 0 Å². The number of carbonyl (C=O) groups is 1. The summed E-state index contributed by atoms with van der Waals surface area (Å²) in [5.74, 6) is 7.10. The van der Waals surface area contributed by atoms with Crippen LogP contribution in [0.1, 0.15) is 29.8 Å². The van der Waals surface area contributed by atoms with Crippen molar-refractivity contribution in [2.45, 2.75) is 13.8 Å². The number of rotatable bonds is 4. The number of methoxy groups -OCH3 is 1. The normalized spacial score (nSPS) is 9.93. The average Bonchev–Trinajstić information content (AvgIpc) is 2.72. The Kier molecular flexibility index (Phi) is 11.4. The molecule has 0 saturated carbocycles. The highest BCUT2D eigenvalue weighted by Crippen LogP contribution is 2.37. The minimum Gasteiger partial charge on any atom is -0.465 e. The number of benzene rings is 2. The molecule has 2 rings (SSSR count). The van der Waals surface area contributed by atoms with Gasteiger partial charge in [-0.05, 0) is 37.9 Å². The Balaban J connectivity index is 0.000000612. The fraction of sp³-hybridized carbons (Fsp3) is 0.250. The molecule has 0 amide bonds. The van der Waals surface area contributed by atoms with E-state index < -0.39 is 11.8 Å². The Morgan fingerprint density at radius 1 is 1.34 bits per heavy atom. The van der Waals surface area contributed by atoms with Crippen molar-refractivity contribution in [3.63, 3.8) is 0 Å². The first-order valence-electron chi connectivity index (χ1n) is 8.55. The van der Waals surface area contributed by atoms with Crippen LogP contribution in [-0.2, 0) is 4.74 Å². The van der Waals surface area contributed by atoms with Gasteiger partial charge in [0.1, 0.15) is 5.82 Å². The topological polar surface area (TPSA) is 81.6 Å². The molecular formula is C20H22ClFIN3O2S. The summed E-state index contributed by atoms with van der Waals surface area (Å²) in [4.78, 5) is 12.1. The Morgan fingerprint density at radius 3 is 2.48 bits per heavy atom. The van der Waals surface area contributed by atoms with Crippen molar-refractivity contribution in [1.29, 1.82) is 0 Å². The predicted octanol–water partition coefficient (Wildman–Crippen LogP) is 5.11. The third kappa shape index (κ3) is 7.35. The first-order valence-corrected chi connectivity index (χ1v) is 12.3. The molecule has 0 unspecified atom stereocenters. The maximum absolute atomic E-state index is 13.6. The van der Waals surface area contributed by atoms with Crippen molar-refractivity contribution in [2.24, 2.45) is 5.84 Å². The number of ether oxygens (including phenoxy) is 1. The second-order valence-corrected chi connectivity index (χ2v) is 7.68. The number of nitrogens with zero attached hydrogens (tertiary/aromatic N) is 1. The van der Waals surface area contributed by atoms with Crippen molar-refractivity contribution in [1.82, 2.24) is 5.01 Å². The average molecular weight is 550 g/mol. The molecule has 0 saturated heterocycles. The Bertz CT molecular complexity index is 915. The lowest BCUT2D eigenvalue weighted by Gasteiger charge is -2.14. The highest BCUT2D eigenvalue weighted by atomic mass is 127. The van der Waals surface area contributed by atoms with E-state index in [1.165, 1.54) is 40.3 Å². The van der Waals surface area contributed by atoms with Crippen LogP contribution in [0.25, 0.3) is 11.1 Å². The number of carbonyl (C=O) groups excluding carboxylic acids is 1. The zero-order valence-electron chi connectivity index (χ0n) is 16.3. The zero-order valence-corrected chi connectivity index (χ0v) is 20.0. The molecule has 0 spiro atoms. The second-order valence-electron chi connectivity index (χ2n) is 5.60. The van der Waals surface area contributed by atoms with E-state index in [9.17, 15) is 9.18 Å². The first kappa shape index (κ1) is 25.5. The number of hydrogen-bond donors (Lipinski definition) is 2. The number of nitrogens with two attached hydrogens (primary N) is 2. The van der Waals surface area contributed by atoms with Crippen LogP contribution in [0.3, 0.4) is 0 Å². The van der Waals surface area contributed by atoms with Gasteiger partial charge in [-0.1, -0.05) is 43.5 Å². The van der Waals surface area contributed by atoms with Crippen molar-refractivity contribution in [3.05, 3.63) is 52.3 Å². The van der Waals surface area contributed by atoms with Gasteiger partial charge in [0, 0.05) is 39.9 Å². The van der Waals surface area contributed by atoms with E-state index in [1.807, 2.05) is 35.1 Å². The molecule has 2 aromatic rings. The molecule has 0 aliphatic rings. The molecule has 9 heteroatoms. The summed E-state index contributed by atoms with van der Waals surface area (Å²) in [6.45, 7) is 5.94. The molecule has 0 aromatic heterocycles. The van der Waals surface area contributed by atoms with Gasteiger partial charge in [-0.3, -0.25) is 5.84 Å². The van der Waals surface area contributed by atoms with Gasteiger partial charge in [0.15, 0.2) is 0 Å². The number of hydrazine groups is 1. The highest BCUT2D eigenvalue weighted by Gasteiger charge is 2.21. The van der Waals surface area contributed by atoms with E-state index in [0.717, 1.165) is 13.1 Å². The first-order chi connectivity index (χ1) is 13.8. The van der Waals surface area contributed by atoms with Gasteiger partial charge in [-0.2, -0.15) is 0 Å². The third-order valence-electron chi connectivity index (χ3n) is 3.86. The van der Waals surface area contributed by atoms with Crippen LogP contribution in [0.2, 0.25) is 5.02 Å². The Morgan fingerprint density at radius 2 is 2.00 bits per heavy atom. The van der Waals surface area contributed by atoms with Crippen LogP contribution in [0.5, 0.6) is 0 Å². The quantitative estimate of drug-likeness (QED) is 0.138. The molecule has 4 N–H and O–H groups in total. The fourth-order valence-electron chi connectivity index (χ4n) is 2.32. The largest absolute Gasteiger partial charge is 0.465 e. The van der Waals surface area contributed by atoms with Crippen LogP contribution in [0, 0.1) is 17.0 Å². The van der Waals surface area contributed by atoms with Crippen LogP contribution in [0.15, 0.2) is 30.3 Å². The van der Waals surface area contributed by atoms with Crippen molar-refractivity contribution < 1.29 is 13.9 Å². The van der Waals surface area contributed by atoms with Gasteiger partial charge >= 0.3 is 5.97 Å². The summed E-state index contributed by atoms with van der Waals surface area (Å²) in [5.41, 5.74) is 7.73. The SMILES string of the molecule is CCN(N)CC.COC(=O)c1cc(Cl)c(C#CSI)c(N)c1-c1cccc(F)c1. The Hall–Kier alpha value is -1.51. The van der Waals surface area contributed by atoms with E-state index in [-0.39, 0.29) is 16.3 Å². The van der Waals surface area contributed by atoms with Gasteiger partial charge in [0.2, 0.25) is 0 Å². The molecule has 0 fully saturated rings. The van der Waals surface area contributed by atoms with Crippen LogP contribution in [0.4, 0.5) is 10.1 Å². The van der Waals surface area contributed by atoms with E-state index in [4.69, 9.17) is 27.9 Å². The van der Waals surface area contributed by atoms with E-state index in [1.54, 1.807) is 11.1 Å². The lowest BCUT2D eigenvalue weighted by Crippen LogP contribution is -2.29. The molecule has 2 aromatic carbocycles. The summed E-state index contributed by atoms with van der Waals surface area (Å²) in [6, 6.07) is 7.22. The van der Waals surface area contributed by atoms with Crippen molar-refractivity contribution >= 4 is 53.4 Å². The lowest BCUT2D eigenvalue weighted by atomic mass is 9.94. The highest BCUT2D eigenvalue weighted by molar-refractivity contribution is 14.2. The number of anilines is 1. The van der Waals surface area contributed by atoms with Gasteiger partial charge in [0.05, 0.1) is 28.9 Å². The monoisotopic (exact) mass is 549 g/mol. The summed E-state index contributed by atoms with van der Waals surface area (Å²) in [5, 5.41) is 4.78. The summed E-state index contributed by atoms with van der Waals surface area (Å²) < 4.78 is 18.3. The van der Waals surface area contributed by atoms with E-state index in [2.05, 4.69) is 11.2 Å². The van der Waals surface area contributed by atoms with E-state index >= 15 is 0 Å². The summed E-state index contributed by atoms with van der Waals surface area (Å²) in [7, 11) is 2.53. The fourth-order valence-corrected chi connectivity index (χ4v) is 3.05. The molecule has 156 valence electrons. The standard InChI is InChI=1S/C16H10ClFINO2S.C4H12N2/c1-22-16(21)12-8-13(17)11(5-6-23-19)15(20)14(12)9-3-2-4-10(18)7-9;1-3-6(5)4-2/h2-4,7-8H,20H2,1H3;3-5H2,1-2H3. The maximum atomic E-state index is 13.6. The molecule has 0 aliphatic heterocycles. The maximum Gasteiger partial charge on any atom is 0.338 e. The minimum atomic E-state index is -0.611. The number of hydrogen-bond acceptors (Lipinski definition) is 6. The van der Waals surface area contributed by atoms with Gasteiger partial charge in [-0.15, -0.1) is 0 Å². The van der Waals surface area contributed by atoms with Gasteiger partial charge in [-0.25, -0.2) is 14.2 Å². The van der Waals surface area contributed by atoms with Crippen LogP contribution >= 0.6 is 41.7 Å². The molecule has 0 radical (unpaired) electrons. The zero-order chi connectivity index (χ0) is 22.0. The number of esters is 1. The predicted molar refractivity (Wildman–Crippen MR) is 128 cm³/mol. The molecule has 0 bridgehead atoms. The van der Waals surface area contributed by atoms with Crippen LogP contribution in [-0.4, -0.2) is 31.2 Å². The molecular weight excluding hydrogens is 528 g/mol. The summed E-state index contributed by atoms with van der Waals surface area (Å²) >= 11 is 8.21. The van der Waals surface area contributed by atoms with Crippen molar-refractivity contribution in [2.75, 3.05) is 25.9 Å². The van der Waals surface area contributed by atoms with E-state index in [0.29, 0.717) is 16.7 Å². The molecule has 0 heterocycles. The van der Waals surface area contributed by atoms with Gasteiger partial charge < -0.3 is 10.5 Å². The minimum absolute atomic E-state index is 0.160. The van der Waals surface area contributed by atoms with Crippen LogP contribution < -0.4 is 11.6 Å². The third-order valence-corrected chi connectivity index (χ3v) is 5.00. The molecule has 0 atom stereocenters. The molecule has 29 heavy (non-hydrogen) atoms. The number of halogens is 3.